The highest BCUT2D eigenvalue weighted by Gasteiger charge is 2.51. The van der Waals surface area contributed by atoms with Gasteiger partial charge in [-0.15, -0.1) is 0 Å². The minimum absolute atomic E-state index is 0.0915. The average Bonchev–Trinajstić information content (AvgIpc) is 3.07. The molecule has 0 radical (unpaired) electrons. The number of likely N-dealkylation sites (tertiary alicyclic amines) is 2. The Hall–Kier alpha value is -1.63. The summed E-state index contributed by atoms with van der Waals surface area (Å²) in [7, 11) is 0. The maximum absolute atomic E-state index is 12.9. The first-order valence-electron chi connectivity index (χ1n) is 9.58. The van der Waals surface area contributed by atoms with Crippen molar-refractivity contribution in [3.8, 4) is 0 Å². The van der Waals surface area contributed by atoms with E-state index in [1.165, 1.54) is 0 Å². The van der Waals surface area contributed by atoms with E-state index >= 15 is 0 Å². The van der Waals surface area contributed by atoms with Crippen molar-refractivity contribution < 1.29 is 9.59 Å². The molecule has 2 amide bonds. The van der Waals surface area contributed by atoms with Gasteiger partial charge in [0.2, 0.25) is 11.8 Å². The minimum atomic E-state index is -0.524. The summed E-state index contributed by atoms with van der Waals surface area (Å²) in [5.74, 6) is -0.615. The Morgan fingerprint density at radius 3 is 2.52 bits per heavy atom. The lowest BCUT2D eigenvalue weighted by atomic mass is 9.73. The second-order valence-electron chi connectivity index (χ2n) is 8.17. The van der Waals surface area contributed by atoms with E-state index in [9.17, 15) is 9.59 Å². The number of amides is 2. The van der Waals surface area contributed by atoms with Crippen LogP contribution in [-0.2, 0) is 16.0 Å². The van der Waals surface area contributed by atoms with Gasteiger partial charge in [-0.1, -0.05) is 23.7 Å². The average molecular weight is 393 g/mol. The number of hydrogen-bond acceptors (Lipinski definition) is 4. The smallest absolute Gasteiger partial charge is 0.236 e. The molecule has 27 heavy (non-hydrogen) atoms. The predicted octanol–water partition coefficient (Wildman–Crippen LogP) is 1.27. The van der Waals surface area contributed by atoms with E-state index in [2.05, 4.69) is 29.0 Å². The SMILES string of the molecule is CC(C)N1CCC(N2CC(Cc3ccc(Cl)cc3)(C(=O)NCC(N)=O)C2)C1. The third-order valence-corrected chi connectivity index (χ3v) is 6.07. The van der Waals surface area contributed by atoms with Crippen molar-refractivity contribution in [3.05, 3.63) is 34.9 Å². The van der Waals surface area contributed by atoms with Crippen molar-refractivity contribution in [1.82, 2.24) is 15.1 Å². The molecule has 0 bridgehead atoms. The zero-order valence-corrected chi connectivity index (χ0v) is 16.8. The van der Waals surface area contributed by atoms with Crippen LogP contribution in [0.25, 0.3) is 0 Å². The van der Waals surface area contributed by atoms with Gasteiger partial charge in [0.15, 0.2) is 0 Å². The van der Waals surface area contributed by atoms with Crippen LogP contribution in [0, 0.1) is 5.41 Å². The molecule has 7 heteroatoms. The molecule has 2 aliphatic rings. The van der Waals surface area contributed by atoms with Crippen LogP contribution in [-0.4, -0.2) is 66.4 Å². The third kappa shape index (κ3) is 4.62. The number of hydrogen-bond donors (Lipinski definition) is 2. The molecule has 2 aliphatic heterocycles. The van der Waals surface area contributed by atoms with Crippen molar-refractivity contribution >= 4 is 23.4 Å². The monoisotopic (exact) mass is 392 g/mol. The summed E-state index contributed by atoms with van der Waals surface area (Å²) >= 11 is 5.98. The Kier molecular flexibility index (Phi) is 6.08. The third-order valence-electron chi connectivity index (χ3n) is 5.81. The quantitative estimate of drug-likeness (QED) is 0.732. The number of rotatable bonds is 7. The molecule has 2 heterocycles. The van der Waals surface area contributed by atoms with Gasteiger partial charge in [0, 0.05) is 43.3 Å². The molecule has 0 aliphatic carbocycles. The second kappa shape index (κ2) is 8.17. The van der Waals surface area contributed by atoms with Crippen molar-refractivity contribution in [2.24, 2.45) is 11.1 Å². The van der Waals surface area contributed by atoms with Gasteiger partial charge in [0.25, 0.3) is 0 Å². The van der Waals surface area contributed by atoms with E-state index < -0.39 is 11.3 Å². The maximum Gasteiger partial charge on any atom is 0.236 e. The van der Waals surface area contributed by atoms with Gasteiger partial charge in [-0.2, -0.15) is 0 Å². The van der Waals surface area contributed by atoms with E-state index in [-0.39, 0.29) is 12.5 Å². The Labute approximate surface area is 166 Å². The van der Waals surface area contributed by atoms with Crippen LogP contribution in [0.15, 0.2) is 24.3 Å². The molecule has 0 aromatic heterocycles. The van der Waals surface area contributed by atoms with Gasteiger partial charge in [0.1, 0.15) is 0 Å². The molecule has 3 N–H and O–H groups in total. The first kappa shape index (κ1) is 20.1. The van der Waals surface area contributed by atoms with E-state index in [1.807, 2.05) is 24.3 Å². The topological polar surface area (TPSA) is 78.7 Å². The zero-order valence-electron chi connectivity index (χ0n) is 16.1. The fourth-order valence-corrected chi connectivity index (χ4v) is 4.33. The van der Waals surface area contributed by atoms with Gasteiger partial charge in [-0.25, -0.2) is 0 Å². The van der Waals surface area contributed by atoms with Crippen LogP contribution in [0.3, 0.4) is 0 Å². The van der Waals surface area contributed by atoms with Crippen molar-refractivity contribution in [2.75, 3.05) is 32.7 Å². The van der Waals surface area contributed by atoms with E-state index in [4.69, 9.17) is 17.3 Å². The number of carbonyl (C=O) groups excluding carboxylic acids is 2. The highest BCUT2D eigenvalue weighted by atomic mass is 35.5. The summed E-state index contributed by atoms with van der Waals surface area (Å²) in [5.41, 5.74) is 5.75. The highest BCUT2D eigenvalue weighted by molar-refractivity contribution is 6.30. The first-order valence-corrected chi connectivity index (χ1v) is 9.96. The summed E-state index contributed by atoms with van der Waals surface area (Å²) in [4.78, 5) is 28.8. The number of primary amides is 1. The lowest BCUT2D eigenvalue weighted by Crippen LogP contribution is -2.67. The Morgan fingerprint density at radius 2 is 1.96 bits per heavy atom. The number of nitrogens with one attached hydrogen (secondary N) is 1. The normalized spacial score (nSPS) is 22.6. The summed E-state index contributed by atoms with van der Waals surface area (Å²) < 4.78 is 0. The molecular weight excluding hydrogens is 364 g/mol. The van der Waals surface area contributed by atoms with E-state index in [0.717, 1.165) is 25.1 Å². The van der Waals surface area contributed by atoms with Crippen molar-refractivity contribution in [3.63, 3.8) is 0 Å². The Morgan fingerprint density at radius 1 is 1.30 bits per heavy atom. The molecule has 0 spiro atoms. The first-order chi connectivity index (χ1) is 12.8. The molecule has 2 saturated heterocycles. The zero-order chi connectivity index (χ0) is 19.6. The lowest BCUT2D eigenvalue weighted by Gasteiger charge is -2.51. The van der Waals surface area contributed by atoms with Crippen LogP contribution in [0.1, 0.15) is 25.8 Å². The van der Waals surface area contributed by atoms with E-state index in [1.54, 1.807) is 0 Å². The molecule has 2 fully saturated rings. The molecule has 1 unspecified atom stereocenters. The maximum atomic E-state index is 12.9. The fraction of sp³-hybridized carbons (Fsp3) is 0.600. The summed E-state index contributed by atoms with van der Waals surface area (Å²) in [6.07, 6.45) is 1.77. The Balaban J connectivity index is 1.68. The van der Waals surface area contributed by atoms with Crippen LogP contribution < -0.4 is 11.1 Å². The summed E-state index contributed by atoms with van der Waals surface area (Å²) in [6.45, 7) is 7.90. The lowest BCUT2D eigenvalue weighted by molar-refractivity contribution is -0.145. The van der Waals surface area contributed by atoms with Crippen LogP contribution in [0.5, 0.6) is 0 Å². The van der Waals surface area contributed by atoms with Crippen LogP contribution in [0.2, 0.25) is 5.02 Å². The van der Waals surface area contributed by atoms with Gasteiger partial charge < -0.3 is 11.1 Å². The molecule has 1 atom stereocenters. The summed E-state index contributed by atoms with van der Waals surface area (Å²) in [6, 6.07) is 8.66. The standard InChI is InChI=1S/C20H29ClN4O2/c1-14(2)24-8-7-17(11-24)25-12-20(13-25,19(27)23-10-18(22)26)9-15-3-5-16(21)6-4-15/h3-6,14,17H,7-13H2,1-2H3,(H2,22,26)(H,23,27). The fourth-order valence-electron chi connectivity index (χ4n) is 4.21. The van der Waals surface area contributed by atoms with Gasteiger partial charge in [-0.3, -0.25) is 19.4 Å². The van der Waals surface area contributed by atoms with Crippen LogP contribution >= 0.6 is 11.6 Å². The number of nitrogens with zero attached hydrogens (tertiary/aromatic N) is 2. The molecule has 1 aromatic carbocycles. The molecule has 0 saturated carbocycles. The van der Waals surface area contributed by atoms with Crippen molar-refractivity contribution in [1.29, 1.82) is 0 Å². The van der Waals surface area contributed by atoms with Gasteiger partial charge in [-0.05, 0) is 44.4 Å². The molecular formula is C20H29ClN4O2. The number of benzene rings is 1. The van der Waals surface area contributed by atoms with Crippen LogP contribution in [0.4, 0.5) is 0 Å². The molecule has 148 valence electrons. The largest absolute Gasteiger partial charge is 0.368 e. The Bertz CT molecular complexity index is 686. The van der Waals surface area contributed by atoms with Gasteiger partial charge >= 0.3 is 0 Å². The minimum Gasteiger partial charge on any atom is -0.368 e. The van der Waals surface area contributed by atoms with Crippen molar-refractivity contribution in [2.45, 2.75) is 38.8 Å². The second-order valence-corrected chi connectivity index (χ2v) is 8.61. The number of carbonyl (C=O) groups is 2. The molecule has 1 aromatic rings. The molecule has 6 nitrogen and oxygen atoms in total. The summed E-state index contributed by atoms with van der Waals surface area (Å²) in [5, 5.41) is 3.40. The number of nitrogens with two attached hydrogens (primary N) is 1. The molecule has 3 rings (SSSR count). The van der Waals surface area contributed by atoms with E-state index in [0.29, 0.717) is 36.6 Å². The predicted molar refractivity (Wildman–Crippen MR) is 106 cm³/mol. The van der Waals surface area contributed by atoms with Gasteiger partial charge in [0.05, 0.1) is 12.0 Å². The number of halogens is 1. The highest BCUT2D eigenvalue weighted by Crippen LogP contribution is 2.38.